The predicted molar refractivity (Wildman–Crippen MR) is 145 cm³/mol. The molecule has 2 aliphatic heterocycles. The molecular formula is C27H27N7O3S. The van der Waals surface area contributed by atoms with Crippen LogP contribution in [0.3, 0.4) is 0 Å². The number of hydrogen-bond donors (Lipinski definition) is 2. The molecule has 6 rings (SSSR count). The molecule has 194 valence electrons. The first-order valence-electron chi connectivity index (χ1n) is 12.4. The number of rotatable bonds is 6. The number of nitrogens with zero attached hydrogens (tertiary/aromatic N) is 5. The molecule has 0 spiro atoms. The van der Waals surface area contributed by atoms with Crippen LogP contribution in [0.25, 0.3) is 11.3 Å². The first kappa shape index (κ1) is 24.1. The highest BCUT2D eigenvalue weighted by atomic mass is 32.2. The maximum atomic E-state index is 13.5. The normalized spacial score (nSPS) is 14.5. The highest BCUT2D eigenvalue weighted by molar-refractivity contribution is 7.92. The van der Waals surface area contributed by atoms with Crippen molar-refractivity contribution in [2.75, 3.05) is 21.5 Å². The highest BCUT2D eigenvalue weighted by Gasteiger charge is 2.32. The standard InChI is InChI=1S/C27H27N7O3S/c1-16(2)33-15-20(14-29-33)26-17(3)13-28-27(32-26)30-21-4-7-24-18(10-21)8-9-34(24)38(36,37)22-5-6-23-19(11-22)12-25(35)31-23/h4-7,10-11,13-16H,8-9,12H2,1-3H3,(H,31,35)(H,28,30,32). The summed E-state index contributed by atoms with van der Waals surface area (Å²) < 4.78 is 30.3. The van der Waals surface area contributed by atoms with Crippen molar-refractivity contribution in [1.82, 2.24) is 19.7 Å². The maximum absolute atomic E-state index is 13.5. The lowest BCUT2D eigenvalue weighted by molar-refractivity contribution is -0.115. The smallest absolute Gasteiger partial charge is 0.264 e. The molecule has 2 aromatic carbocycles. The monoisotopic (exact) mass is 529 g/mol. The van der Waals surface area contributed by atoms with Crippen LogP contribution in [0.4, 0.5) is 23.0 Å². The van der Waals surface area contributed by atoms with Gasteiger partial charge >= 0.3 is 0 Å². The summed E-state index contributed by atoms with van der Waals surface area (Å²) in [6.45, 7) is 6.45. The Bertz CT molecular complexity index is 1690. The van der Waals surface area contributed by atoms with Gasteiger partial charge in [0.05, 0.1) is 28.9 Å². The van der Waals surface area contributed by atoms with Crippen molar-refractivity contribution < 1.29 is 13.2 Å². The molecule has 0 radical (unpaired) electrons. The quantitative estimate of drug-likeness (QED) is 0.383. The molecule has 0 fully saturated rings. The lowest BCUT2D eigenvalue weighted by Crippen LogP contribution is -2.29. The molecule has 1 amide bonds. The van der Waals surface area contributed by atoms with Crippen LogP contribution in [0.1, 0.15) is 36.6 Å². The van der Waals surface area contributed by atoms with Crippen LogP contribution in [0.2, 0.25) is 0 Å². The second-order valence-electron chi connectivity index (χ2n) is 9.87. The van der Waals surface area contributed by atoms with Crippen molar-refractivity contribution in [3.8, 4) is 11.3 Å². The third-order valence-corrected chi connectivity index (χ3v) is 8.66. The van der Waals surface area contributed by atoms with Gasteiger partial charge in [0.1, 0.15) is 0 Å². The topological polar surface area (TPSA) is 122 Å². The zero-order valence-electron chi connectivity index (χ0n) is 21.3. The van der Waals surface area contributed by atoms with Gasteiger partial charge in [0.25, 0.3) is 10.0 Å². The fraction of sp³-hybridized carbons (Fsp3) is 0.259. The SMILES string of the molecule is Cc1cnc(Nc2ccc3c(c2)CCN3S(=O)(=O)c2ccc3c(c2)CC(=O)N3)nc1-c1cnn(C(C)C)c1. The van der Waals surface area contributed by atoms with Gasteiger partial charge in [-0.1, -0.05) is 0 Å². The summed E-state index contributed by atoms with van der Waals surface area (Å²) in [6.07, 6.45) is 6.33. The van der Waals surface area contributed by atoms with Crippen LogP contribution in [0, 0.1) is 6.92 Å². The number of hydrogen-bond acceptors (Lipinski definition) is 7. The zero-order chi connectivity index (χ0) is 26.6. The summed E-state index contributed by atoms with van der Waals surface area (Å²) in [7, 11) is -3.77. The van der Waals surface area contributed by atoms with Crippen molar-refractivity contribution in [3.63, 3.8) is 0 Å². The van der Waals surface area contributed by atoms with Crippen LogP contribution in [-0.4, -0.2) is 40.6 Å². The minimum atomic E-state index is -3.77. The maximum Gasteiger partial charge on any atom is 0.264 e. The molecule has 10 nitrogen and oxygen atoms in total. The molecule has 38 heavy (non-hydrogen) atoms. The summed E-state index contributed by atoms with van der Waals surface area (Å²) >= 11 is 0. The summed E-state index contributed by atoms with van der Waals surface area (Å²) in [4.78, 5) is 21.0. The number of aromatic nitrogens is 4. The molecule has 2 aliphatic rings. The van der Waals surface area contributed by atoms with Crippen LogP contribution in [0.5, 0.6) is 0 Å². The summed E-state index contributed by atoms with van der Waals surface area (Å²) in [5.41, 5.74) is 6.38. The lowest BCUT2D eigenvalue weighted by Gasteiger charge is -2.20. The summed E-state index contributed by atoms with van der Waals surface area (Å²) in [5, 5.41) is 10.4. The number of sulfonamides is 1. The van der Waals surface area contributed by atoms with Crippen LogP contribution in [0.15, 0.2) is 59.9 Å². The summed E-state index contributed by atoms with van der Waals surface area (Å²) in [6, 6.07) is 10.6. The Morgan fingerprint density at radius 1 is 1.08 bits per heavy atom. The van der Waals surface area contributed by atoms with E-state index in [2.05, 4.69) is 34.6 Å². The predicted octanol–water partition coefficient (Wildman–Crippen LogP) is 4.22. The second kappa shape index (κ2) is 8.95. The van der Waals surface area contributed by atoms with Gasteiger partial charge in [0.15, 0.2) is 0 Å². The third kappa shape index (κ3) is 4.18. The lowest BCUT2D eigenvalue weighted by atomic mass is 10.1. The second-order valence-corrected chi connectivity index (χ2v) is 11.7. The number of benzene rings is 2. The van der Waals surface area contributed by atoms with E-state index in [4.69, 9.17) is 4.98 Å². The fourth-order valence-corrected chi connectivity index (χ4v) is 6.41. The number of nitrogens with one attached hydrogen (secondary N) is 2. The van der Waals surface area contributed by atoms with Crippen molar-refractivity contribution in [2.24, 2.45) is 0 Å². The van der Waals surface area contributed by atoms with Crippen molar-refractivity contribution in [2.45, 2.75) is 44.6 Å². The van der Waals surface area contributed by atoms with E-state index in [9.17, 15) is 13.2 Å². The molecule has 4 heterocycles. The van der Waals surface area contributed by atoms with E-state index in [1.165, 1.54) is 4.31 Å². The van der Waals surface area contributed by atoms with Crippen molar-refractivity contribution >= 4 is 38.9 Å². The van der Waals surface area contributed by atoms with Gasteiger partial charge in [0.2, 0.25) is 11.9 Å². The van der Waals surface area contributed by atoms with Gasteiger partial charge in [-0.15, -0.1) is 0 Å². The van der Waals surface area contributed by atoms with Crippen molar-refractivity contribution in [3.05, 3.63) is 71.7 Å². The Balaban J connectivity index is 1.24. The van der Waals surface area contributed by atoms with E-state index in [-0.39, 0.29) is 23.3 Å². The largest absolute Gasteiger partial charge is 0.326 e. The zero-order valence-corrected chi connectivity index (χ0v) is 22.1. The van der Waals surface area contributed by atoms with Crippen LogP contribution in [-0.2, 0) is 27.7 Å². The molecule has 11 heteroatoms. The van der Waals surface area contributed by atoms with E-state index >= 15 is 0 Å². The van der Waals surface area contributed by atoms with E-state index in [1.54, 1.807) is 30.6 Å². The molecule has 0 atom stereocenters. The Hall–Kier alpha value is -4.25. The number of carbonyl (C=O) groups excluding carboxylic acids is 1. The van der Waals surface area contributed by atoms with E-state index in [1.807, 2.05) is 36.0 Å². The number of amides is 1. The number of anilines is 4. The van der Waals surface area contributed by atoms with E-state index < -0.39 is 10.0 Å². The fourth-order valence-electron chi connectivity index (χ4n) is 4.86. The Morgan fingerprint density at radius 3 is 2.71 bits per heavy atom. The molecule has 0 bridgehead atoms. The Labute approximate surface area is 220 Å². The minimum Gasteiger partial charge on any atom is -0.326 e. The van der Waals surface area contributed by atoms with Crippen LogP contribution < -0.4 is 14.9 Å². The Morgan fingerprint density at radius 2 is 1.92 bits per heavy atom. The van der Waals surface area contributed by atoms with E-state index in [0.717, 1.165) is 28.1 Å². The molecule has 0 aliphatic carbocycles. The van der Waals surface area contributed by atoms with Crippen LogP contribution >= 0.6 is 0 Å². The molecule has 0 saturated carbocycles. The van der Waals surface area contributed by atoms with Gasteiger partial charge in [-0.25, -0.2) is 18.4 Å². The molecule has 2 N–H and O–H groups in total. The highest BCUT2D eigenvalue weighted by Crippen LogP contribution is 2.36. The molecular weight excluding hydrogens is 502 g/mol. The number of carbonyl (C=O) groups is 1. The molecule has 4 aromatic rings. The first-order valence-corrected chi connectivity index (χ1v) is 13.9. The molecule has 0 unspecified atom stereocenters. The first-order chi connectivity index (χ1) is 18.2. The third-order valence-electron chi connectivity index (χ3n) is 6.85. The van der Waals surface area contributed by atoms with Gasteiger partial charge in [-0.05, 0) is 80.3 Å². The Kier molecular flexibility index (Phi) is 5.68. The van der Waals surface area contributed by atoms with Gasteiger partial charge in [-0.2, -0.15) is 5.10 Å². The van der Waals surface area contributed by atoms with Gasteiger partial charge in [-0.3, -0.25) is 13.8 Å². The average Bonchev–Trinajstić information content (AvgIpc) is 3.62. The average molecular weight is 530 g/mol. The number of fused-ring (bicyclic) bond motifs is 2. The molecule has 2 aromatic heterocycles. The number of aryl methyl sites for hydroxylation is 1. The molecule has 0 saturated heterocycles. The van der Waals surface area contributed by atoms with E-state index in [0.29, 0.717) is 35.9 Å². The van der Waals surface area contributed by atoms with Crippen molar-refractivity contribution in [1.29, 1.82) is 0 Å². The van der Waals surface area contributed by atoms with Gasteiger partial charge in [0, 0.05) is 41.9 Å². The summed E-state index contributed by atoms with van der Waals surface area (Å²) in [5.74, 6) is 0.322. The minimum absolute atomic E-state index is 0.128. The van der Waals surface area contributed by atoms with Gasteiger partial charge < -0.3 is 10.6 Å².